The van der Waals surface area contributed by atoms with Gasteiger partial charge in [-0.25, -0.2) is 9.59 Å². The van der Waals surface area contributed by atoms with Gasteiger partial charge < -0.3 is 0 Å². The lowest BCUT2D eigenvalue weighted by Gasteiger charge is -2.36. The number of rotatable bonds is 5. The number of nitrogens with zero attached hydrogens (tertiary/aromatic N) is 2. The smallest absolute Gasteiger partial charge is 0.295 e. The van der Waals surface area contributed by atoms with Gasteiger partial charge in [0.15, 0.2) is 0 Å². The Hall–Kier alpha value is -1.68. The highest BCUT2D eigenvalue weighted by molar-refractivity contribution is 5.75. The van der Waals surface area contributed by atoms with Crippen LogP contribution in [-0.2, 0) is 17.6 Å². The molecule has 2 aliphatic rings. The maximum atomic E-state index is 13.0. The Labute approximate surface area is 132 Å². The average Bonchev–Trinajstić information content (AvgIpc) is 3.27. The van der Waals surface area contributed by atoms with Crippen LogP contribution in [0, 0.1) is 0 Å². The Morgan fingerprint density at radius 1 is 1.23 bits per heavy atom. The van der Waals surface area contributed by atoms with Gasteiger partial charge in [-0.3, -0.25) is 4.90 Å². The fourth-order valence-electron chi connectivity index (χ4n) is 3.82. The first-order chi connectivity index (χ1) is 10.6. The number of fused-ring (bicyclic) bond motifs is 1. The summed E-state index contributed by atoms with van der Waals surface area (Å²) in [6, 6.07) is 8.35. The quantitative estimate of drug-likeness (QED) is 0.784. The molecule has 2 aliphatic carbocycles. The van der Waals surface area contributed by atoms with Gasteiger partial charge in [0.05, 0.1) is 0 Å². The Kier molecular flexibility index (Phi) is 4.04. The third-order valence-corrected chi connectivity index (χ3v) is 5.08. The molecule has 0 heterocycles. The molecule has 1 radical (unpaired) electrons. The summed E-state index contributed by atoms with van der Waals surface area (Å²) in [5.74, 6) is 0. The maximum absolute atomic E-state index is 13.0. The van der Waals surface area contributed by atoms with Crippen molar-refractivity contribution in [2.24, 2.45) is 0 Å². The zero-order valence-electron chi connectivity index (χ0n) is 13.4. The van der Waals surface area contributed by atoms with E-state index < -0.39 is 0 Å². The summed E-state index contributed by atoms with van der Waals surface area (Å²) in [7, 11) is 1.81. The molecule has 0 aromatic heterocycles. The van der Waals surface area contributed by atoms with Crippen LogP contribution in [0.25, 0.3) is 0 Å². The van der Waals surface area contributed by atoms with Crippen molar-refractivity contribution in [3.8, 4) is 0 Å². The van der Waals surface area contributed by atoms with Crippen molar-refractivity contribution in [3.63, 3.8) is 0 Å². The van der Waals surface area contributed by atoms with Crippen LogP contribution in [0.4, 0.5) is 4.79 Å². The zero-order chi connectivity index (χ0) is 15.7. The first kappa shape index (κ1) is 15.2. The van der Waals surface area contributed by atoms with E-state index >= 15 is 0 Å². The molecule has 0 N–H and O–H groups in total. The van der Waals surface area contributed by atoms with Crippen molar-refractivity contribution in [1.82, 2.24) is 4.90 Å². The van der Waals surface area contributed by atoms with E-state index in [-0.39, 0.29) is 22.6 Å². The largest absolute Gasteiger partial charge is 0.453 e. The topological polar surface area (TPSA) is 37.4 Å². The number of hydrogen-bond donors (Lipinski definition) is 0. The molecule has 4 heteroatoms. The van der Waals surface area contributed by atoms with Crippen LogP contribution >= 0.6 is 0 Å². The highest BCUT2D eigenvalue weighted by Gasteiger charge is 2.59. The lowest BCUT2D eigenvalue weighted by atomic mass is 10.1. The van der Waals surface area contributed by atoms with Crippen LogP contribution in [0.1, 0.15) is 37.3 Å². The standard InChI is InChI=1S/C18H24N2O2/c1-3-10-19(2)18(22)20(13-21,16-8-9-16)17-11-14-6-4-5-7-15(14)12-17/h4-7,16-17H,3,8-12H2,1-2H3/q+1. The minimum Gasteiger partial charge on any atom is -0.295 e. The SMILES string of the molecule is CCCN(C)C(=O)[N+]([C]=O)(C1CC1)C1Cc2ccccc2C1. The molecule has 3 amide bonds. The predicted octanol–water partition coefficient (Wildman–Crippen LogP) is 2.66. The van der Waals surface area contributed by atoms with Gasteiger partial charge in [0, 0.05) is 39.3 Å². The molecule has 0 spiro atoms. The van der Waals surface area contributed by atoms with Crippen LogP contribution in [-0.4, -0.2) is 47.5 Å². The van der Waals surface area contributed by atoms with E-state index in [0.29, 0.717) is 6.54 Å². The monoisotopic (exact) mass is 300 g/mol. The third-order valence-electron chi connectivity index (χ3n) is 5.08. The lowest BCUT2D eigenvalue weighted by Crippen LogP contribution is -2.64. The molecular formula is C18H24N2O2+. The van der Waals surface area contributed by atoms with Crippen molar-refractivity contribution in [3.05, 3.63) is 35.4 Å². The Balaban J connectivity index is 1.91. The predicted molar refractivity (Wildman–Crippen MR) is 84.9 cm³/mol. The van der Waals surface area contributed by atoms with Crippen molar-refractivity contribution in [1.29, 1.82) is 0 Å². The van der Waals surface area contributed by atoms with E-state index in [9.17, 15) is 9.59 Å². The van der Waals surface area contributed by atoms with Gasteiger partial charge in [-0.05, 0) is 17.5 Å². The molecular weight excluding hydrogens is 276 g/mol. The van der Waals surface area contributed by atoms with Gasteiger partial charge in [-0.2, -0.15) is 4.48 Å². The van der Waals surface area contributed by atoms with Gasteiger partial charge >= 0.3 is 12.4 Å². The Morgan fingerprint density at radius 3 is 2.27 bits per heavy atom. The number of amides is 3. The molecule has 1 unspecified atom stereocenters. The molecule has 22 heavy (non-hydrogen) atoms. The summed E-state index contributed by atoms with van der Waals surface area (Å²) in [4.78, 5) is 26.8. The maximum Gasteiger partial charge on any atom is 0.453 e. The van der Waals surface area contributed by atoms with Crippen molar-refractivity contribution >= 4 is 12.4 Å². The number of carbonyl (C=O) groups is 1. The third kappa shape index (κ3) is 2.35. The highest BCUT2D eigenvalue weighted by atomic mass is 16.2. The van der Waals surface area contributed by atoms with Gasteiger partial charge in [0.2, 0.25) is 0 Å². The number of hydrogen-bond acceptors (Lipinski definition) is 2. The summed E-state index contributed by atoms with van der Waals surface area (Å²) in [5.41, 5.74) is 2.55. The second kappa shape index (κ2) is 5.84. The van der Waals surface area contributed by atoms with Crippen LogP contribution in [0.5, 0.6) is 0 Å². The first-order valence-electron chi connectivity index (χ1n) is 8.23. The minimum atomic E-state index is -0.120. The van der Waals surface area contributed by atoms with E-state index in [0.717, 1.165) is 32.1 Å². The molecule has 1 aromatic carbocycles. The number of urea groups is 1. The van der Waals surface area contributed by atoms with Gasteiger partial charge in [-0.1, -0.05) is 31.2 Å². The number of carbonyl (C=O) groups excluding carboxylic acids is 2. The van der Waals surface area contributed by atoms with Crippen molar-refractivity contribution in [2.75, 3.05) is 13.6 Å². The molecule has 4 nitrogen and oxygen atoms in total. The van der Waals surface area contributed by atoms with Crippen LogP contribution in [0.3, 0.4) is 0 Å². The van der Waals surface area contributed by atoms with E-state index in [2.05, 4.69) is 18.5 Å². The molecule has 0 aliphatic heterocycles. The van der Waals surface area contributed by atoms with E-state index in [1.54, 1.807) is 11.9 Å². The molecule has 117 valence electrons. The zero-order valence-corrected chi connectivity index (χ0v) is 13.4. The summed E-state index contributed by atoms with van der Waals surface area (Å²) < 4.78 is -0.120. The normalized spacial score (nSPS) is 20.3. The van der Waals surface area contributed by atoms with E-state index in [1.165, 1.54) is 11.1 Å². The van der Waals surface area contributed by atoms with Crippen LogP contribution in [0.2, 0.25) is 0 Å². The van der Waals surface area contributed by atoms with E-state index in [4.69, 9.17) is 0 Å². The molecule has 1 atom stereocenters. The molecule has 1 fully saturated rings. The molecule has 0 bridgehead atoms. The first-order valence-corrected chi connectivity index (χ1v) is 8.23. The number of benzene rings is 1. The Morgan fingerprint density at radius 2 is 1.82 bits per heavy atom. The van der Waals surface area contributed by atoms with Gasteiger partial charge in [0.25, 0.3) is 0 Å². The molecule has 3 rings (SSSR count). The van der Waals surface area contributed by atoms with Crippen molar-refractivity contribution in [2.45, 2.75) is 51.1 Å². The second-order valence-corrected chi connectivity index (χ2v) is 6.63. The molecule has 0 saturated heterocycles. The second-order valence-electron chi connectivity index (χ2n) is 6.63. The Bertz CT molecular complexity index is 557. The minimum absolute atomic E-state index is 0.00852. The van der Waals surface area contributed by atoms with Crippen LogP contribution < -0.4 is 0 Å². The van der Waals surface area contributed by atoms with Crippen molar-refractivity contribution < 1.29 is 14.1 Å². The summed E-state index contributed by atoms with van der Waals surface area (Å²) in [6.45, 7) is 2.73. The lowest BCUT2D eigenvalue weighted by molar-refractivity contribution is -0.799. The summed E-state index contributed by atoms with van der Waals surface area (Å²) >= 11 is 0. The number of quaternary nitrogens is 1. The highest BCUT2D eigenvalue weighted by Crippen LogP contribution is 2.40. The van der Waals surface area contributed by atoms with Crippen LogP contribution in [0.15, 0.2) is 24.3 Å². The van der Waals surface area contributed by atoms with Gasteiger partial charge in [-0.15, -0.1) is 0 Å². The molecule has 1 aromatic rings. The fourth-order valence-corrected chi connectivity index (χ4v) is 3.82. The van der Waals surface area contributed by atoms with E-state index in [1.807, 2.05) is 19.1 Å². The molecule has 1 saturated carbocycles. The summed E-state index contributed by atoms with van der Waals surface area (Å²) in [6.07, 6.45) is 6.59. The fraction of sp³-hybridized carbons (Fsp3) is 0.556. The average molecular weight is 300 g/mol. The number of imide groups is 1. The summed E-state index contributed by atoms with van der Waals surface area (Å²) in [5, 5.41) is 0. The van der Waals surface area contributed by atoms with Gasteiger partial charge in [0.1, 0.15) is 12.1 Å².